The molecule has 1 saturated heterocycles. The van der Waals surface area contributed by atoms with Crippen molar-refractivity contribution in [3.05, 3.63) is 101 Å². The third-order valence-electron chi connectivity index (χ3n) is 6.73. The summed E-state index contributed by atoms with van der Waals surface area (Å²) in [5.74, 6) is -0.333. The van der Waals surface area contributed by atoms with E-state index in [1.54, 1.807) is 19.1 Å². The predicted octanol–water partition coefficient (Wildman–Crippen LogP) is 4.79. The maximum absolute atomic E-state index is 13.2. The lowest BCUT2D eigenvalue weighted by Crippen LogP contribution is -2.48. The van der Waals surface area contributed by atoms with E-state index in [0.717, 1.165) is 31.4 Å². The molecule has 188 valence electrons. The number of nitrogens with one attached hydrogen (secondary N) is 2. The number of hydrogen-bond acceptors (Lipinski definition) is 4. The number of carboxylic acids is 1. The van der Waals surface area contributed by atoms with E-state index < -0.39 is 5.97 Å². The summed E-state index contributed by atoms with van der Waals surface area (Å²) in [5.41, 5.74) is 3.23. The second kappa shape index (κ2) is 12.4. The van der Waals surface area contributed by atoms with E-state index in [-0.39, 0.29) is 35.7 Å². The molecule has 1 heterocycles. The Labute approximate surface area is 212 Å². The number of hydrogen-bond donors (Lipinski definition) is 3. The molecule has 6 nitrogen and oxygen atoms in total. The molecule has 0 radical (unpaired) electrons. The van der Waals surface area contributed by atoms with Crippen LogP contribution in [0.4, 0.5) is 0 Å². The van der Waals surface area contributed by atoms with E-state index in [9.17, 15) is 14.7 Å². The molecule has 6 heteroatoms. The lowest BCUT2D eigenvalue weighted by Gasteiger charge is -2.36. The highest BCUT2D eigenvalue weighted by molar-refractivity contribution is 5.91. The van der Waals surface area contributed by atoms with Gasteiger partial charge in [0.2, 0.25) is 5.91 Å². The first-order valence-electron chi connectivity index (χ1n) is 12.6. The lowest BCUT2D eigenvalue weighted by atomic mass is 9.83. The number of piperidine rings is 1. The molecule has 3 aromatic carbocycles. The maximum atomic E-state index is 13.2. The Morgan fingerprint density at radius 1 is 1.03 bits per heavy atom. The van der Waals surface area contributed by atoms with Gasteiger partial charge in [-0.3, -0.25) is 4.79 Å². The topological polar surface area (TPSA) is 87.7 Å². The zero-order valence-electron chi connectivity index (χ0n) is 20.7. The van der Waals surface area contributed by atoms with Crippen LogP contribution in [-0.2, 0) is 17.6 Å². The first-order valence-corrected chi connectivity index (χ1v) is 12.6. The minimum Gasteiger partial charge on any atom is -0.493 e. The highest BCUT2D eigenvalue weighted by Crippen LogP contribution is 2.29. The van der Waals surface area contributed by atoms with Crippen LogP contribution in [0, 0.1) is 5.92 Å². The zero-order chi connectivity index (χ0) is 25.3. The first-order chi connectivity index (χ1) is 17.5. The molecule has 1 aliphatic rings. The number of rotatable bonds is 10. The third kappa shape index (κ3) is 6.73. The summed E-state index contributed by atoms with van der Waals surface area (Å²) in [7, 11) is 0. The molecule has 4 rings (SSSR count). The molecular weight excluding hydrogens is 452 g/mol. The molecule has 0 saturated carbocycles. The lowest BCUT2D eigenvalue weighted by molar-refractivity contribution is -0.121. The predicted molar refractivity (Wildman–Crippen MR) is 140 cm³/mol. The fourth-order valence-electron chi connectivity index (χ4n) is 5.03. The molecule has 1 aliphatic heterocycles. The van der Waals surface area contributed by atoms with Crippen LogP contribution in [0.2, 0.25) is 0 Å². The van der Waals surface area contributed by atoms with Crippen molar-refractivity contribution in [3.8, 4) is 5.75 Å². The standard InChI is InChI=1S/C30H34N2O4/c1-2-36-27-19-22(13-14-25(27)30(34)35)20-28(33)32-29(24-11-7-4-8-12-24)26-18-23(15-16-31-26)17-21-9-5-3-6-10-21/h3-14,19,23,26,29,31H,2,15-18,20H2,1H3,(H,32,33)(H,34,35). The van der Waals surface area contributed by atoms with Gasteiger partial charge in [-0.1, -0.05) is 66.7 Å². The van der Waals surface area contributed by atoms with Crippen molar-refractivity contribution in [2.75, 3.05) is 13.2 Å². The van der Waals surface area contributed by atoms with Crippen molar-refractivity contribution in [2.45, 2.75) is 44.7 Å². The van der Waals surface area contributed by atoms with Crippen LogP contribution in [0.25, 0.3) is 0 Å². The van der Waals surface area contributed by atoms with Gasteiger partial charge in [0.15, 0.2) is 0 Å². The molecular formula is C30H34N2O4. The summed E-state index contributed by atoms with van der Waals surface area (Å²) in [6.45, 7) is 3.07. The highest BCUT2D eigenvalue weighted by atomic mass is 16.5. The highest BCUT2D eigenvalue weighted by Gasteiger charge is 2.30. The normalized spacial score (nSPS) is 18.2. The molecule has 0 spiro atoms. The number of carbonyl (C=O) groups is 2. The number of amides is 1. The molecule has 36 heavy (non-hydrogen) atoms. The van der Waals surface area contributed by atoms with Gasteiger partial charge >= 0.3 is 5.97 Å². The Bertz CT molecular complexity index is 1150. The van der Waals surface area contributed by atoms with Crippen LogP contribution in [0.15, 0.2) is 78.9 Å². The zero-order valence-corrected chi connectivity index (χ0v) is 20.7. The van der Waals surface area contributed by atoms with E-state index in [2.05, 4.69) is 47.0 Å². The van der Waals surface area contributed by atoms with Crippen molar-refractivity contribution in [1.29, 1.82) is 0 Å². The van der Waals surface area contributed by atoms with Crippen molar-refractivity contribution in [1.82, 2.24) is 10.6 Å². The Kier molecular flexibility index (Phi) is 8.74. The summed E-state index contributed by atoms with van der Waals surface area (Å²) < 4.78 is 5.50. The van der Waals surface area contributed by atoms with Gasteiger partial charge < -0.3 is 20.5 Å². The van der Waals surface area contributed by atoms with Crippen molar-refractivity contribution in [3.63, 3.8) is 0 Å². The number of carboxylic acid groups (broad SMARTS) is 1. The van der Waals surface area contributed by atoms with E-state index in [4.69, 9.17) is 4.74 Å². The van der Waals surface area contributed by atoms with Crippen LogP contribution >= 0.6 is 0 Å². The Hall–Kier alpha value is -3.64. The van der Waals surface area contributed by atoms with Gasteiger partial charge in [0.1, 0.15) is 11.3 Å². The van der Waals surface area contributed by atoms with E-state index in [0.29, 0.717) is 18.1 Å². The molecule has 0 aromatic heterocycles. The minimum atomic E-state index is -1.05. The van der Waals surface area contributed by atoms with Gasteiger partial charge in [-0.2, -0.15) is 0 Å². The molecule has 3 N–H and O–H groups in total. The quantitative estimate of drug-likeness (QED) is 0.383. The van der Waals surface area contributed by atoms with Crippen LogP contribution in [0.1, 0.15) is 52.9 Å². The van der Waals surface area contributed by atoms with Gasteiger partial charge in [0.05, 0.1) is 19.1 Å². The monoisotopic (exact) mass is 486 g/mol. The average Bonchev–Trinajstić information content (AvgIpc) is 2.89. The summed E-state index contributed by atoms with van der Waals surface area (Å²) in [5, 5.41) is 16.3. The average molecular weight is 487 g/mol. The van der Waals surface area contributed by atoms with Crippen LogP contribution in [-0.4, -0.2) is 36.2 Å². The fourth-order valence-corrected chi connectivity index (χ4v) is 5.03. The number of aromatic carboxylic acids is 1. The van der Waals surface area contributed by atoms with Gasteiger partial charge in [-0.05, 0) is 67.5 Å². The van der Waals surface area contributed by atoms with Gasteiger partial charge in [0, 0.05) is 6.04 Å². The molecule has 1 fully saturated rings. The number of ether oxygens (including phenoxy) is 1. The smallest absolute Gasteiger partial charge is 0.339 e. The molecule has 1 amide bonds. The van der Waals surface area contributed by atoms with E-state index in [1.807, 2.05) is 24.3 Å². The van der Waals surface area contributed by atoms with Crippen molar-refractivity contribution in [2.24, 2.45) is 5.92 Å². The summed E-state index contributed by atoms with van der Waals surface area (Å²) >= 11 is 0. The summed E-state index contributed by atoms with van der Waals surface area (Å²) in [6.07, 6.45) is 3.25. The molecule has 3 unspecified atom stereocenters. The Balaban J connectivity index is 1.48. The maximum Gasteiger partial charge on any atom is 0.339 e. The Morgan fingerprint density at radius 2 is 1.75 bits per heavy atom. The van der Waals surface area contributed by atoms with Gasteiger partial charge in [-0.15, -0.1) is 0 Å². The number of carbonyl (C=O) groups excluding carboxylic acids is 1. The molecule has 0 aliphatic carbocycles. The molecule has 0 bridgehead atoms. The summed E-state index contributed by atoms with van der Waals surface area (Å²) in [4.78, 5) is 24.7. The van der Waals surface area contributed by atoms with Gasteiger partial charge in [0.25, 0.3) is 0 Å². The van der Waals surface area contributed by atoms with Crippen LogP contribution in [0.5, 0.6) is 5.75 Å². The Morgan fingerprint density at radius 3 is 2.44 bits per heavy atom. The third-order valence-corrected chi connectivity index (χ3v) is 6.73. The van der Waals surface area contributed by atoms with Crippen molar-refractivity contribution < 1.29 is 19.4 Å². The van der Waals surface area contributed by atoms with Crippen molar-refractivity contribution >= 4 is 11.9 Å². The number of benzene rings is 3. The summed E-state index contributed by atoms with van der Waals surface area (Å²) in [6, 6.07) is 25.4. The van der Waals surface area contributed by atoms with E-state index in [1.165, 1.54) is 11.6 Å². The largest absolute Gasteiger partial charge is 0.493 e. The second-order valence-electron chi connectivity index (χ2n) is 9.34. The molecule has 3 atom stereocenters. The molecule has 3 aromatic rings. The minimum absolute atomic E-state index is 0.0963. The SMILES string of the molecule is CCOc1cc(CC(=O)NC(c2ccccc2)C2CC(Cc3ccccc3)CCN2)ccc1C(=O)O. The van der Waals surface area contributed by atoms with E-state index >= 15 is 0 Å². The fraction of sp³-hybridized carbons (Fsp3) is 0.333. The second-order valence-corrected chi connectivity index (χ2v) is 9.34. The van der Waals surface area contributed by atoms with Crippen LogP contribution < -0.4 is 15.4 Å². The van der Waals surface area contributed by atoms with Crippen LogP contribution in [0.3, 0.4) is 0 Å². The first kappa shape index (κ1) is 25.5. The van der Waals surface area contributed by atoms with Gasteiger partial charge in [-0.25, -0.2) is 4.79 Å².